The average molecular weight is 306 g/mol. The van der Waals surface area contributed by atoms with Gasteiger partial charge < -0.3 is 10.3 Å². The number of benzene rings is 2. The number of hydrogen-bond donors (Lipinski definition) is 2. The molecule has 0 spiro atoms. The van der Waals surface area contributed by atoms with Crippen LogP contribution in [0.15, 0.2) is 58.2 Å². The fourth-order valence-electron chi connectivity index (χ4n) is 1.70. The number of nitrogens with zero attached hydrogens (tertiary/aromatic N) is 1. The molecule has 0 bridgehead atoms. The molecule has 0 aliphatic rings. The Balaban J connectivity index is 2.26. The Morgan fingerprint density at radius 2 is 1.72 bits per heavy atom. The van der Waals surface area contributed by atoms with Gasteiger partial charge in [-0.3, -0.25) is 0 Å². The molecule has 0 heterocycles. The number of para-hydroxylation sites is 1. The van der Waals surface area contributed by atoms with Crippen molar-refractivity contribution >= 4 is 21.6 Å². The van der Waals surface area contributed by atoms with Crippen LogP contribution in [0, 0.1) is 0 Å². The molecule has 0 saturated heterocycles. The Hall–Kier alpha value is -1.81. The molecule has 3 nitrogen and oxygen atoms in total. The molecule has 2 aromatic carbocycles. The third-order valence-electron chi connectivity index (χ3n) is 2.62. The Morgan fingerprint density at radius 3 is 2.33 bits per heavy atom. The number of aromatic hydroxyl groups is 1. The summed E-state index contributed by atoms with van der Waals surface area (Å²) in [5.41, 5.74) is 1.99. The molecular weight excluding hydrogens is 294 g/mol. The third-order valence-corrected chi connectivity index (χ3v) is 3.15. The quantitative estimate of drug-likeness (QED) is 0.517. The molecular formula is C14H12BrNO2. The zero-order valence-electron chi connectivity index (χ0n) is 9.55. The zero-order valence-corrected chi connectivity index (χ0v) is 11.1. The normalized spacial score (nSPS) is 11.5. The molecule has 0 aliphatic heterocycles. The van der Waals surface area contributed by atoms with Crippen LogP contribution >= 0.6 is 15.9 Å². The highest BCUT2D eigenvalue weighted by atomic mass is 79.9. The lowest BCUT2D eigenvalue weighted by atomic mass is 10.0. The van der Waals surface area contributed by atoms with Crippen LogP contribution in [0.5, 0.6) is 5.75 Å². The minimum absolute atomic E-state index is 0.113. The van der Waals surface area contributed by atoms with Crippen LogP contribution < -0.4 is 0 Å². The predicted molar refractivity (Wildman–Crippen MR) is 74.3 cm³/mol. The van der Waals surface area contributed by atoms with Gasteiger partial charge in [0, 0.05) is 16.5 Å². The van der Waals surface area contributed by atoms with Gasteiger partial charge in [0.15, 0.2) is 0 Å². The van der Waals surface area contributed by atoms with E-state index in [9.17, 15) is 5.11 Å². The number of halogens is 1. The van der Waals surface area contributed by atoms with Crippen molar-refractivity contribution in [1.82, 2.24) is 0 Å². The van der Waals surface area contributed by atoms with Gasteiger partial charge >= 0.3 is 0 Å². The molecule has 0 aromatic heterocycles. The lowest BCUT2D eigenvalue weighted by molar-refractivity contribution is 0.318. The van der Waals surface area contributed by atoms with Crippen LogP contribution in [0.1, 0.15) is 11.1 Å². The summed E-state index contributed by atoms with van der Waals surface area (Å²) in [7, 11) is 0. The van der Waals surface area contributed by atoms with Crippen LogP contribution in [0.25, 0.3) is 0 Å². The average Bonchev–Trinajstić information content (AvgIpc) is 2.39. The summed E-state index contributed by atoms with van der Waals surface area (Å²) in [5, 5.41) is 22.1. The lowest BCUT2D eigenvalue weighted by Crippen LogP contribution is -2.05. The van der Waals surface area contributed by atoms with Crippen molar-refractivity contribution in [3.63, 3.8) is 0 Å². The van der Waals surface area contributed by atoms with Gasteiger partial charge in [-0.2, -0.15) is 0 Å². The van der Waals surface area contributed by atoms with Crippen molar-refractivity contribution < 1.29 is 10.3 Å². The number of rotatable bonds is 3. The number of phenols is 1. The molecule has 0 atom stereocenters. The monoisotopic (exact) mass is 305 g/mol. The molecule has 2 N–H and O–H groups in total. The maximum atomic E-state index is 9.73. The summed E-state index contributed by atoms with van der Waals surface area (Å²) in [6, 6.07) is 14.6. The van der Waals surface area contributed by atoms with Gasteiger partial charge in [-0.1, -0.05) is 45.4 Å². The van der Waals surface area contributed by atoms with Crippen molar-refractivity contribution in [1.29, 1.82) is 0 Å². The van der Waals surface area contributed by atoms with E-state index in [1.807, 2.05) is 24.3 Å². The first-order valence-corrected chi connectivity index (χ1v) is 6.24. The van der Waals surface area contributed by atoms with Gasteiger partial charge in [-0.05, 0) is 29.8 Å². The Labute approximate surface area is 114 Å². The van der Waals surface area contributed by atoms with E-state index < -0.39 is 0 Å². The lowest BCUT2D eigenvalue weighted by Gasteiger charge is -2.07. The van der Waals surface area contributed by atoms with E-state index in [4.69, 9.17) is 5.21 Å². The SMILES string of the molecule is O/N=C(\Cc1ccc(Br)cc1)c1ccccc1O. The van der Waals surface area contributed by atoms with Crippen molar-refractivity contribution in [3.05, 3.63) is 64.1 Å². The van der Waals surface area contributed by atoms with Crippen molar-refractivity contribution in [3.8, 4) is 5.75 Å². The molecule has 0 radical (unpaired) electrons. The van der Waals surface area contributed by atoms with E-state index in [-0.39, 0.29) is 5.75 Å². The highest BCUT2D eigenvalue weighted by molar-refractivity contribution is 9.10. The van der Waals surface area contributed by atoms with Crippen LogP contribution in [0.4, 0.5) is 0 Å². The second-order valence-electron chi connectivity index (χ2n) is 3.87. The first-order chi connectivity index (χ1) is 8.70. The number of oxime groups is 1. The third kappa shape index (κ3) is 2.90. The standard InChI is InChI=1S/C14H12BrNO2/c15-11-7-5-10(6-8-11)9-13(16-18)12-3-1-2-4-14(12)17/h1-8,17-18H,9H2/b16-13+. The maximum Gasteiger partial charge on any atom is 0.124 e. The van der Waals surface area contributed by atoms with E-state index >= 15 is 0 Å². The van der Waals surface area contributed by atoms with E-state index in [1.165, 1.54) is 0 Å². The van der Waals surface area contributed by atoms with Crippen molar-refractivity contribution in [2.45, 2.75) is 6.42 Å². The van der Waals surface area contributed by atoms with Crippen LogP contribution in [-0.4, -0.2) is 16.0 Å². The molecule has 2 aromatic rings. The zero-order chi connectivity index (χ0) is 13.0. The molecule has 18 heavy (non-hydrogen) atoms. The highest BCUT2D eigenvalue weighted by Crippen LogP contribution is 2.19. The summed E-state index contributed by atoms with van der Waals surface area (Å²) in [4.78, 5) is 0. The second kappa shape index (κ2) is 5.69. The molecule has 0 unspecified atom stereocenters. The number of hydrogen-bond acceptors (Lipinski definition) is 3. The van der Waals surface area contributed by atoms with Gasteiger partial charge in [0.2, 0.25) is 0 Å². The predicted octanol–water partition coefficient (Wildman–Crippen LogP) is 3.58. The maximum absolute atomic E-state index is 9.73. The molecule has 0 saturated carbocycles. The Kier molecular flexibility index (Phi) is 3.99. The van der Waals surface area contributed by atoms with Crippen molar-refractivity contribution in [2.75, 3.05) is 0 Å². The van der Waals surface area contributed by atoms with Gasteiger partial charge in [-0.15, -0.1) is 0 Å². The topological polar surface area (TPSA) is 52.8 Å². The smallest absolute Gasteiger partial charge is 0.124 e. The fraction of sp³-hybridized carbons (Fsp3) is 0.0714. The number of phenolic OH excluding ortho intramolecular Hbond substituents is 1. The summed E-state index contributed by atoms with van der Waals surface area (Å²) in [5.74, 6) is 0.113. The Bertz CT molecular complexity index is 564. The van der Waals surface area contributed by atoms with Crippen molar-refractivity contribution in [2.24, 2.45) is 5.16 Å². The highest BCUT2D eigenvalue weighted by Gasteiger charge is 2.09. The van der Waals surface area contributed by atoms with E-state index in [0.29, 0.717) is 17.7 Å². The second-order valence-corrected chi connectivity index (χ2v) is 4.78. The van der Waals surface area contributed by atoms with Gasteiger partial charge in [-0.25, -0.2) is 0 Å². The summed E-state index contributed by atoms with van der Waals surface area (Å²) in [6.45, 7) is 0. The summed E-state index contributed by atoms with van der Waals surface area (Å²) in [6.07, 6.45) is 0.460. The molecule has 92 valence electrons. The van der Waals surface area contributed by atoms with Gasteiger partial charge in [0.25, 0.3) is 0 Å². The largest absolute Gasteiger partial charge is 0.507 e. The Morgan fingerprint density at radius 1 is 1.06 bits per heavy atom. The molecule has 0 fully saturated rings. The fourth-order valence-corrected chi connectivity index (χ4v) is 1.96. The minimum Gasteiger partial charge on any atom is -0.507 e. The molecule has 0 amide bonds. The van der Waals surface area contributed by atoms with E-state index in [2.05, 4.69) is 21.1 Å². The molecule has 0 aliphatic carbocycles. The van der Waals surface area contributed by atoms with Crippen LogP contribution in [-0.2, 0) is 6.42 Å². The van der Waals surface area contributed by atoms with E-state index in [0.717, 1.165) is 10.0 Å². The summed E-state index contributed by atoms with van der Waals surface area (Å²) >= 11 is 3.37. The van der Waals surface area contributed by atoms with Gasteiger partial charge in [0.05, 0.1) is 5.71 Å². The molecule has 2 rings (SSSR count). The first-order valence-electron chi connectivity index (χ1n) is 5.44. The van der Waals surface area contributed by atoms with E-state index in [1.54, 1.807) is 24.3 Å². The first kappa shape index (κ1) is 12.6. The molecule has 4 heteroatoms. The van der Waals surface area contributed by atoms with Crippen LogP contribution in [0.3, 0.4) is 0 Å². The summed E-state index contributed by atoms with van der Waals surface area (Å²) < 4.78 is 0.997. The van der Waals surface area contributed by atoms with Gasteiger partial charge in [0.1, 0.15) is 5.75 Å². The van der Waals surface area contributed by atoms with Crippen LogP contribution in [0.2, 0.25) is 0 Å². The minimum atomic E-state index is 0.113.